The van der Waals surface area contributed by atoms with E-state index in [0.717, 1.165) is 14.5 Å². The molecular weight excluding hydrogens is 317 g/mol. The predicted octanol–water partition coefficient (Wildman–Crippen LogP) is 3.02. The third-order valence-corrected chi connectivity index (χ3v) is 3.03. The minimum absolute atomic E-state index is 0.360. The number of carbonyl (C=O) groups is 1. The number of benzene rings is 1. The SMILES string of the molecule is CCOC(=O)c1ccc2cccc(I)c2n1. The molecule has 1 aromatic carbocycles. The lowest BCUT2D eigenvalue weighted by Gasteiger charge is -2.03. The van der Waals surface area contributed by atoms with Gasteiger partial charge in [-0.2, -0.15) is 0 Å². The first-order valence-electron chi connectivity index (χ1n) is 4.94. The van der Waals surface area contributed by atoms with Crippen LogP contribution in [0.4, 0.5) is 0 Å². The van der Waals surface area contributed by atoms with Crippen LogP contribution in [-0.2, 0) is 4.74 Å². The minimum atomic E-state index is -0.371. The third-order valence-electron chi connectivity index (χ3n) is 2.16. The number of pyridine rings is 1. The second kappa shape index (κ2) is 4.78. The van der Waals surface area contributed by atoms with E-state index in [1.165, 1.54) is 0 Å². The zero-order valence-electron chi connectivity index (χ0n) is 8.74. The fourth-order valence-electron chi connectivity index (χ4n) is 1.43. The maximum Gasteiger partial charge on any atom is 0.356 e. The standard InChI is InChI=1S/C12H10INO2/c1-2-16-12(15)10-7-6-8-4-3-5-9(13)11(8)14-10/h3-7H,2H2,1H3. The Morgan fingerprint density at radius 1 is 1.38 bits per heavy atom. The molecule has 2 aromatic rings. The third kappa shape index (κ3) is 2.16. The zero-order chi connectivity index (χ0) is 11.5. The van der Waals surface area contributed by atoms with Gasteiger partial charge in [0.25, 0.3) is 0 Å². The number of nitrogens with zero attached hydrogens (tertiary/aromatic N) is 1. The van der Waals surface area contributed by atoms with E-state index in [1.807, 2.05) is 24.3 Å². The molecule has 0 atom stereocenters. The molecule has 82 valence electrons. The van der Waals surface area contributed by atoms with Crippen LogP contribution in [0.5, 0.6) is 0 Å². The van der Waals surface area contributed by atoms with Crippen molar-refractivity contribution in [2.24, 2.45) is 0 Å². The van der Waals surface area contributed by atoms with Gasteiger partial charge in [-0.25, -0.2) is 9.78 Å². The average molecular weight is 327 g/mol. The summed E-state index contributed by atoms with van der Waals surface area (Å²) < 4.78 is 5.94. The van der Waals surface area contributed by atoms with E-state index in [9.17, 15) is 4.79 Å². The molecule has 0 amide bonds. The number of carbonyl (C=O) groups excluding carboxylic acids is 1. The van der Waals surface area contributed by atoms with Gasteiger partial charge in [-0.1, -0.05) is 18.2 Å². The summed E-state index contributed by atoms with van der Waals surface area (Å²) >= 11 is 2.20. The fraction of sp³-hybridized carbons (Fsp3) is 0.167. The largest absolute Gasteiger partial charge is 0.461 e. The van der Waals surface area contributed by atoms with Gasteiger partial charge in [0.15, 0.2) is 0 Å². The van der Waals surface area contributed by atoms with Crippen LogP contribution < -0.4 is 0 Å². The van der Waals surface area contributed by atoms with Crippen LogP contribution >= 0.6 is 22.6 Å². The van der Waals surface area contributed by atoms with Crippen molar-refractivity contribution in [1.29, 1.82) is 0 Å². The van der Waals surface area contributed by atoms with Gasteiger partial charge in [0, 0.05) is 8.96 Å². The molecule has 1 aromatic heterocycles. The Labute approximate surface area is 107 Å². The first-order chi connectivity index (χ1) is 7.72. The minimum Gasteiger partial charge on any atom is -0.461 e. The summed E-state index contributed by atoms with van der Waals surface area (Å²) in [6.45, 7) is 2.15. The fourth-order valence-corrected chi connectivity index (χ4v) is 2.07. The number of esters is 1. The molecule has 0 bridgehead atoms. The Morgan fingerprint density at radius 2 is 2.19 bits per heavy atom. The summed E-state index contributed by atoms with van der Waals surface area (Å²) in [5.74, 6) is -0.371. The summed E-state index contributed by atoms with van der Waals surface area (Å²) in [6, 6.07) is 9.48. The number of rotatable bonds is 2. The maximum absolute atomic E-state index is 11.5. The highest BCUT2D eigenvalue weighted by Gasteiger charge is 2.09. The number of ether oxygens (including phenoxy) is 1. The van der Waals surface area contributed by atoms with Crippen molar-refractivity contribution < 1.29 is 9.53 Å². The van der Waals surface area contributed by atoms with Crippen LogP contribution in [0.1, 0.15) is 17.4 Å². The first-order valence-corrected chi connectivity index (χ1v) is 6.02. The molecule has 0 aliphatic heterocycles. The summed E-state index contributed by atoms with van der Waals surface area (Å²) in [4.78, 5) is 15.8. The predicted molar refractivity (Wildman–Crippen MR) is 70.4 cm³/mol. The zero-order valence-corrected chi connectivity index (χ0v) is 10.9. The molecule has 4 heteroatoms. The van der Waals surface area contributed by atoms with E-state index in [4.69, 9.17) is 4.74 Å². The number of fused-ring (bicyclic) bond motifs is 1. The molecule has 1 heterocycles. The van der Waals surface area contributed by atoms with E-state index >= 15 is 0 Å². The van der Waals surface area contributed by atoms with Gasteiger partial charge >= 0.3 is 5.97 Å². The highest BCUT2D eigenvalue weighted by atomic mass is 127. The van der Waals surface area contributed by atoms with Crippen LogP contribution in [0.25, 0.3) is 10.9 Å². The van der Waals surface area contributed by atoms with Crippen molar-refractivity contribution in [1.82, 2.24) is 4.98 Å². The molecule has 0 saturated heterocycles. The molecular formula is C12H10INO2. The van der Waals surface area contributed by atoms with Crippen molar-refractivity contribution in [3.05, 3.63) is 39.6 Å². The van der Waals surface area contributed by atoms with Crippen molar-refractivity contribution in [2.75, 3.05) is 6.61 Å². The maximum atomic E-state index is 11.5. The number of para-hydroxylation sites is 1. The van der Waals surface area contributed by atoms with Gasteiger partial charge in [0.05, 0.1) is 12.1 Å². The summed E-state index contributed by atoms with van der Waals surface area (Å²) in [5, 5.41) is 1.03. The van der Waals surface area contributed by atoms with E-state index in [0.29, 0.717) is 12.3 Å². The molecule has 16 heavy (non-hydrogen) atoms. The van der Waals surface area contributed by atoms with Crippen LogP contribution in [0.15, 0.2) is 30.3 Å². The molecule has 0 aliphatic carbocycles. The Morgan fingerprint density at radius 3 is 2.94 bits per heavy atom. The van der Waals surface area contributed by atoms with Gasteiger partial charge in [-0.3, -0.25) is 0 Å². The van der Waals surface area contributed by atoms with Crippen molar-refractivity contribution in [2.45, 2.75) is 6.92 Å². The Hall–Kier alpha value is -1.17. The van der Waals surface area contributed by atoms with Gasteiger partial charge in [0.1, 0.15) is 5.69 Å². The Bertz CT molecular complexity index is 540. The lowest BCUT2D eigenvalue weighted by molar-refractivity contribution is 0.0520. The van der Waals surface area contributed by atoms with Crippen LogP contribution in [0.3, 0.4) is 0 Å². The van der Waals surface area contributed by atoms with E-state index in [2.05, 4.69) is 27.6 Å². The number of halogens is 1. The van der Waals surface area contributed by atoms with Gasteiger partial charge in [-0.15, -0.1) is 0 Å². The normalized spacial score (nSPS) is 10.4. The van der Waals surface area contributed by atoms with Gasteiger partial charge in [-0.05, 0) is 41.6 Å². The van der Waals surface area contributed by atoms with Gasteiger partial charge in [0.2, 0.25) is 0 Å². The van der Waals surface area contributed by atoms with E-state index in [1.54, 1.807) is 13.0 Å². The van der Waals surface area contributed by atoms with Crippen molar-refractivity contribution in [3.8, 4) is 0 Å². The second-order valence-electron chi connectivity index (χ2n) is 3.23. The van der Waals surface area contributed by atoms with E-state index < -0.39 is 0 Å². The average Bonchev–Trinajstić information content (AvgIpc) is 2.29. The molecule has 2 rings (SSSR count). The Kier molecular flexibility index (Phi) is 3.38. The monoisotopic (exact) mass is 327 g/mol. The lowest BCUT2D eigenvalue weighted by Crippen LogP contribution is -2.07. The first kappa shape index (κ1) is 11.3. The smallest absolute Gasteiger partial charge is 0.356 e. The molecule has 0 spiro atoms. The highest BCUT2D eigenvalue weighted by Crippen LogP contribution is 2.19. The summed E-state index contributed by atoms with van der Waals surface area (Å²) in [5.41, 5.74) is 1.20. The number of aromatic nitrogens is 1. The topological polar surface area (TPSA) is 39.2 Å². The quantitative estimate of drug-likeness (QED) is 0.629. The summed E-state index contributed by atoms with van der Waals surface area (Å²) in [7, 11) is 0. The molecule has 0 radical (unpaired) electrons. The second-order valence-corrected chi connectivity index (χ2v) is 4.39. The van der Waals surface area contributed by atoms with Crippen molar-refractivity contribution >= 4 is 39.5 Å². The lowest BCUT2D eigenvalue weighted by atomic mass is 10.2. The molecule has 0 aliphatic rings. The van der Waals surface area contributed by atoms with Crippen molar-refractivity contribution in [3.63, 3.8) is 0 Å². The molecule has 0 N–H and O–H groups in total. The molecule has 0 fully saturated rings. The molecule has 0 saturated carbocycles. The number of hydrogen-bond acceptors (Lipinski definition) is 3. The Balaban J connectivity index is 2.51. The van der Waals surface area contributed by atoms with Crippen LogP contribution in [0, 0.1) is 3.57 Å². The number of hydrogen-bond donors (Lipinski definition) is 0. The van der Waals surface area contributed by atoms with Gasteiger partial charge < -0.3 is 4.74 Å². The highest BCUT2D eigenvalue weighted by molar-refractivity contribution is 14.1. The molecule has 0 unspecified atom stereocenters. The van der Waals surface area contributed by atoms with Crippen LogP contribution in [-0.4, -0.2) is 17.6 Å². The van der Waals surface area contributed by atoms with E-state index in [-0.39, 0.29) is 5.97 Å². The molecule has 3 nitrogen and oxygen atoms in total. The van der Waals surface area contributed by atoms with Crippen LogP contribution in [0.2, 0.25) is 0 Å². The summed E-state index contributed by atoms with van der Waals surface area (Å²) in [6.07, 6.45) is 0.